The van der Waals surface area contributed by atoms with E-state index in [0.29, 0.717) is 41.0 Å². The van der Waals surface area contributed by atoms with Crippen molar-refractivity contribution >= 4 is 46.3 Å². The Labute approximate surface area is 199 Å². The van der Waals surface area contributed by atoms with Crippen molar-refractivity contribution in [3.05, 3.63) is 93.5 Å². The molecule has 8 heteroatoms. The van der Waals surface area contributed by atoms with Crippen molar-refractivity contribution in [3.63, 3.8) is 0 Å². The van der Waals surface area contributed by atoms with E-state index in [2.05, 4.69) is 0 Å². The van der Waals surface area contributed by atoms with E-state index in [4.69, 9.17) is 32.7 Å². The number of rotatable bonds is 3. The van der Waals surface area contributed by atoms with Crippen molar-refractivity contribution in [2.75, 3.05) is 18.1 Å². The SMILES string of the molecule is O=C1C(=O)N(c2ccc3c(c2)OCCO3)C(c2ccc(Cl)cc2)/C1=C(\O)c1ccccc1Cl. The van der Waals surface area contributed by atoms with Crippen LogP contribution in [-0.2, 0) is 9.59 Å². The number of anilines is 1. The monoisotopic (exact) mass is 481 g/mol. The molecule has 1 atom stereocenters. The minimum absolute atomic E-state index is 0.0645. The maximum Gasteiger partial charge on any atom is 0.300 e. The molecule has 0 saturated carbocycles. The number of fused-ring (bicyclic) bond motifs is 1. The number of ketones is 1. The third-order valence-corrected chi connectivity index (χ3v) is 6.14. The van der Waals surface area contributed by atoms with Crippen molar-refractivity contribution in [1.82, 2.24) is 0 Å². The molecular weight excluding hydrogens is 465 g/mol. The highest BCUT2D eigenvalue weighted by Crippen LogP contribution is 2.45. The summed E-state index contributed by atoms with van der Waals surface area (Å²) < 4.78 is 11.2. The smallest absolute Gasteiger partial charge is 0.300 e. The molecule has 1 fully saturated rings. The van der Waals surface area contributed by atoms with E-state index in [1.807, 2.05) is 0 Å². The fourth-order valence-electron chi connectivity index (χ4n) is 4.04. The number of ether oxygens (including phenoxy) is 2. The van der Waals surface area contributed by atoms with Crippen molar-refractivity contribution in [3.8, 4) is 11.5 Å². The molecule has 5 rings (SSSR count). The highest BCUT2D eigenvalue weighted by Gasteiger charge is 2.47. The van der Waals surface area contributed by atoms with Gasteiger partial charge in [-0.25, -0.2) is 0 Å². The number of carbonyl (C=O) groups excluding carboxylic acids is 2. The van der Waals surface area contributed by atoms with Crippen molar-refractivity contribution < 1.29 is 24.2 Å². The number of aliphatic hydroxyl groups is 1. The third kappa shape index (κ3) is 3.71. The standard InChI is InChI=1S/C25H17Cl2NO5/c26-15-7-5-14(6-8-15)22-21(23(29)17-3-1-2-4-18(17)27)24(30)25(31)28(22)16-9-10-19-20(13-16)33-12-11-32-19/h1-10,13,22,29H,11-12H2/b23-21+. The molecule has 3 aromatic rings. The molecule has 0 radical (unpaired) electrons. The first-order chi connectivity index (χ1) is 16.0. The molecule has 166 valence electrons. The summed E-state index contributed by atoms with van der Waals surface area (Å²) in [6.07, 6.45) is 0. The lowest BCUT2D eigenvalue weighted by Gasteiger charge is -2.27. The Kier molecular flexibility index (Phi) is 5.48. The van der Waals surface area contributed by atoms with Gasteiger partial charge in [-0.1, -0.05) is 47.5 Å². The van der Waals surface area contributed by atoms with Gasteiger partial charge in [-0.3, -0.25) is 14.5 Å². The van der Waals surface area contributed by atoms with Crippen molar-refractivity contribution in [2.45, 2.75) is 6.04 Å². The van der Waals surface area contributed by atoms with E-state index in [1.54, 1.807) is 66.7 Å². The average molecular weight is 482 g/mol. The predicted molar refractivity (Wildman–Crippen MR) is 125 cm³/mol. The van der Waals surface area contributed by atoms with Crippen LogP contribution in [0.1, 0.15) is 17.2 Å². The number of carbonyl (C=O) groups is 2. The number of halogens is 2. The molecule has 1 amide bonds. The number of benzene rings is 3. The minimum Gasteiger partial charge on any atom is -0.507 e. The van der Waals surface area contributed by atoms with Gasteiger partial charge in [-0.05, 0) is 42.0 Å². The molecule has 1 saturated heterocycles. The molecule has 2 aliphatic heterocycles. The van der Waals surface area contributed by atoms with Gasteiger partial charge in [-0.15, -0.1) is 0 Å². The summed E-state index contributed by atoms with van der Waals surface area (Å²) in [4.78, 5) is 27.8. The lowest BCUT2D eigenvalue weighted by atomic mass is 9.95. The van der Waals surface area contributed by atoms with Crippen LogP contribution in [0.2, 0.25) is 10.0 Å². The van der Waals surface area contributed by atoms with Crippen LogP contribution in [0.15, 0.2) is 72.3 Å². The summed E-state index contributed by atoms with van der Waals surface area (Å²) in [5.41, 5.74) is 1.23. The molecule has 0 aliphatic carbocycles. The zero-order chi connectivity index (χ0) is 23.1. The van der Waals surface area contributed by atoms with E-state index in [-0.39, 0.29) is 21.9 Å². The molecule has 1 unspecified atom stereocenters. The predicted octanol–water partition coefficient (Wildman–Crippen LogP) is 5.39. The van der Waals surface area contributed by atoms with E-state index in [1.165, 1.54) is 4.90 Å². The molecule has 3 aromatic carbocycles. The second kappa shape index (κ2) is 8.46. The maximum atomic E-state index is 13.3. The van der Waals surface area contributed by atoms with Crippen LogP contribution in [0.3, 0.4) is 0 Å². The van der Waals surface area contributed by atoms with Crippen LogP contribution in [0.5, 0.6) is 11.5 Å². The van der Waals surface area contributed by atoms with Gasteiger partial charge < -0.3 is 14.6 Å². The van der Waals surface area contributed by atoms with Crippen LogP contribution < -0.4 is 14.4 Å². The summed E-state index contributed by atoms with van der Waals surface area (Å²) in [6, 6.07) is 17.5. The highest BCUT2D eigenvalue weighted by molar-refractivity contribution is 6.52. The van der Waals surface area contributed by atoms with Gasteiger partial charge in [0.1, 0.15) is 19.0 Å². The van der Waals surface area contributed by atoms with Gasteiger partial charge in [0.2, 0.25) is 0 Å². The number of hydrogen-bond acceptors (Lipinski definition) is 5. The number of hydrogen-bond donors (Lipinski definition) is 1. The second-order valence-corrected chi connectivity index (χ2v) is 8.37. The summed E-state index contributed by atoms with van der Waals surface area (Å²) in [7, 11) is 0. The second-order valence-electron chi connectivity index (χ2n) is 7.53. The molecular formula is C25H17Cl2NO5. The molecule has 0 aromatic heterocycles. The zero-order valence-corrected chi connectivity index (χ0v) is 18.6. The first kappa shape index (κ1) is 21.4. The zero-order valence-electron chi connectivity index (χ0n) is 17.1. The Bertz CT molecular complexity index is 1300. The normalized spacial score (nSPS) is 19.1. The molecule has 0 spiro atoms. The van der Waals surface area contributed by atoms with Crippen molar-refractivity contribution in [2.24, 2.45) is 0 Å². The van der Waals surface area contributed by atoms with Crippen LogP contribution in [0.4, 0.5) is 5.69 Å². The van der Waals surface area contributed by atoms with E-state index >= 15 is 0 Å². The Morgan fingerprint density at radius 3 is 2.33 bits per heavy atom. The highest BCUT2D eigenvalue weighted by atomic mass is 35.5. The van der Waals surface area contributed by atoms with Gasteiger partial charge in [0.25, 0.3) is 11.7 Å². The Hall–Kier alpha value is -3.48. The van der Waals surface area contributed by atoms with E-state index < -0.39 is 17.7 Å². The minimum atomic E-state index is -0.902. The number of amides is 1. The first-order valence-corrected chi connectivity index (χ1v) is 10.9. The van der Waals surface area contributed by atoms with Crippen LogP contribution in [0.25, 0.3) is 5.76 Å². The lowest BCUT2D eigenvalue weighted by molar-refractivity contribution is -0.132. The van der Waals surface area contributed by atoms with Gasteiger partial charge in [-0.2, -0.15) is 0 Å². The fraction of sp³-hybridized carbons (Fsp3) is 0.120. The number of aliphatic hydroxyl groups excluding tert-OH is 1. The molecule has 33 heavy (non-hydrogen) atoms. The maximum absolute atomic E-state index is 13.3. The van der Waals surface area contributed by atoms with Gasteiger partial charge in [0, 0.05) is 22.3 Å². The first-order valence-electron chi connectivity index (χ1n) is 10.2. The van der Waals surface area contributed by atoms with Crippen molar-refractivity contribution in [1.29, 1.82) is 0 Å². The number of Topliss-reactive ketones (excluding diaryl/α,β-unsaturated/α-hetero) is 1. The van der Waals surface area contributed by atoms with Gasteiger partial charge >= 0.3 is 0 Å². The molecule has 2 heterocycles. The van der Waals surface area contributed by atoms with E-state index in [0.717, 1.165) is 0 Å². The van der Waals surface area contributed by atoms with E-state index in [9.17, 15) is 14.7 Å². The van der Waals surface area contributed by atoms with Gasteiger partial charge in [0.15, 0.2) is 11.5 Å². The number of nitrogens with zero attached hydrogens (tertiary/aromatic N) is 1. The molecule has 1 N–H and O–H groups in total. The van der Waals surface area contributed by atoms with Crippen LogP contribution in [-0.4, -0.2) is 30.0 Å². The summed E-state index contributed by atoms with van der Waals surface area (Å²) in [5.74, 6) is -0.913. The fourth-order valence-corrected chi connectivity index (χ4v) is 4.39. The summed E-state index contributed by atoms with van der Waals surface area (Å²) >= 11 is 12.3. The third-order valence-electron chi connectivity index (χ3n) is 5.56. The largest absolute Gasteiger partial charge is 0.507 e. The Morgan fingerprint density at radius 1 is 0.909 bits per heavy atom. The van der Waals surface area contributed by atoms with Gasteiger partial charge in [0.05, 0.1) is 16.6 Å². The quantitative estimate of drug-likeness (QED) is 0.308. The lowest BCUT2D eigenvalue weighted by Crippen LogP contribution is -2.29. The molecule has 2 aliphatic rings. The average Bonchev–Trinajstić information content (AvgIpc) is 3.09. The Balaban J connectivity index is 1.71. The topological polar surface area (TPSA) is 76.1 Å². The molecule has 6 nitrogen and oxygen atoms in total. The summed E-state index contributed by atoms with van der Waals surface area (Å²) in [6.45, 7) is 0.807. The van der Waals surface area contributed by atoms with Crippen LogP contribution in [0, 0.1) is 0 Å². The summed E-state index contributed by atoms with van der Waals surface area (Å²) in [5, 5.41) is 11.9. The molecule has 0 bridgehead atoms. The van der Waals surface area contributed by atoms with Crippen LogP contribution >= 0.6 is 23.2 Å². The Morgan fingerprint density at radius 2 is 1.61 bits per heavy atom.